The molecule has 0 atom stereocenters. The number of nitriles is 1. The van der Waals surface area contributed by atoms with Gasteiger partial charge in [0, 0.05) is 19.8 Å². The predicted octanol–water partition coefficient (Wildman–Crippen LogP) is 0.240. The highest BCUT2D eigenvalue weighted by Crippen LogP contribution is 2.31. The van der Waals surface area contributed by atoms with E-state index in [0.717, 1.165) is 0 Å². The fourth-order valence-electron chi connectivity index (χ4n) is 1.89. The molecule has 0 bridgehead atoms. The molecule has 0 unspecified atom stereocenters. The summed E-state index contributed by atoms with van der Waals surface area (Å²) in [5.41, 5.74) is -1.11. The number of hydrogen-bond donors (Lipinski definition) is 1. The zero-order chi connectivity index (χ0) is 12.9. The lowest BCUT2D eigenvalue weighted by atomic mass is 9.80. The Hall–Kier alpha value is -1.61. The lowest BCUT2D eigenvalue weighted by Gasteiger charge is -2.33. The van der Waals surface area contributed by atoms with Crippen LogP contribution < -0.4 is 0 Å². The van der Waals surface area contributed by atoms with Crippen molar-refractivity contribution in [3.8, 4) is 6.07 Å². The van der Waals surface area contributed by atoms with Gasteiger partial charge in [0.15, 0.2) is 0 Å². The standard InChI is InChI=1S/C11H16N2O4/c1-2-13(7-9(14)15)10(16)11(8-12)3-5-17-6-4-11/h2-7H2,1H3,(H,14,15). The predicted molar refractivity (Wildman–Crippen MR) is 58.0 cm³/mol. The molecule has 0 spiro atoms. The lowest BCUT2D eigenvalue weighted by Crippen LogP contribution is -2.47. The molecule has 0 aromatic rings. The van der Waals surface area contributed by atoms with Gasteiger partial charge in [-0.05, 0) is 19.8 Å². The van der Waals surface area contributed by atoms with Gasteiger partial charge >= 0.3 is 5.97 Å². The summed E-state index contributed by atoms with van der Waals surface area (Å²) in [4.78, 5) is 24.1. The smallest absolute Gasteiger partial charge is 0.323 e. The summed E-state index contributed by atoms with van der Waals surface area (Å²) < 4.78 is 5.13. The van der Waals surface area contributed by atoms with Gasteiger partial charge in [-0.1, -0.05) is 0 Å². The summed E-state index contributed by atoms with van der Waals surface area (Å²) in [7, 11) is 0. The van der Waals surface area contributed by atoms with Gasteiger partial charge < -0.3 is 14.7 Å². The quantitative estimate of drug-likeness (QED) is 0.760. The van der Waals surface area contributed by atoms with Crippen LogP contribution in [0, 0.1) is 16.7 Å². The van der Waals surface area contributed by atoms with E-state index >= 15 is 0 Å². The summed E-state index contributed by atoms with van der Waals surface area (Å²) in [5, 5.41) is 17.9. The summed E-state index contributed by atoms with van der Waals surface area (Å²) in [6, 6.07) is 2.04. The first kappa shape index (κ1) is 13.5. The molecule has 1 aliphatic heterocycles. The summed E-state index contributed by atoms with van der Waals surface area (Å²) >= 11 is 0. The van der Waals surface area contributed by atoms with Crippen LogP contribution in [0.25, 0.3) is 0 Å². The van der Waals surface area contributed by atoms with Crippen LogP contribution in [-0.2, 0) is 14.3 Å². The van der Waals surface area contributed by atoms with E-state index in [1.165, 1.54) is 4.90 Å². The highest BCUT2D eigenvalue weighted by Gasteiger charge is 2.43. The lowest BCUT2D eigenvalue weighted by molar-refractivity contribution is -0.150. The maximum Gasteiger partial charge on any atom is 0.323 e. The van der Waals surface area contributed by atoms with E-state index in [2.05, 4.69) is 0 Å². The molecule has 6 heteroatoms. The molecule has 1 aliphatic rings. The minimum absolute atomic E-state index is 0.287. The number of likely N-dealkylation sites (N-methyl/N-ethyl adjacent to an activating group) is 1. The molecular weight excluding hydrogens is 224 g/mol. The molecule has 0 aromatic carbocycles. The fourth-order valence-corrected chi connectivity index (χ4v) is 1.89. The Balaban J connectivity index is 2.83. The molecule has 1 saturated heterocycles. The Labute approximate surface area is 99.8 Å². The summed E-state index contributed by atoms with van der Waals surface area (Å²) in [5.74, 6) is -1.46. The molecule has 0 aromatic heterocycles. The number of amides is 1. The number of carbonyl (C=O) groups excluding carboxylic acids is 1. The van der Waals surface area contributed by atoms with E-state index in [-0.39, 0.29) is 13.1 Å². The second-order valence-electron chi connectivity index (χ2n) is 4.02. The first-order valence-corrected chi connectivity index (χ1v) is 5.56. The molecule has 1 heterocycles. The van der Waals surface area contributed by atoms with Gasteiger partial charge in [-0.25, -0.2) is 0 Å². The number of ether oxygens (including phenoxy) is 1. The van der Waals surface area contributed by atoms with Crippen LogP contribution in [0.5, 0.6) is 0 Å². The van der Waals surface area contributed by atoms with E-state index in [9.17, 15) is 14.9 Å². The van der Waals surface area contributed by atoms with Crippen LogP contribution >= 0.6 is 0 Å². The number of carbonyl (C=O) groups is 2. The second-order valence-corrected chi connectivity index (χ2v) is 4.02. The monoisotopic (exact) mass is 240 g/mol. The van der Waals surface area contributed by atoms with Crippen molar-refractivity contribution >= 4 is 11.9 Å². The Morgan fingerprint density at radius 3 is 2.47 bits per heavy atom. The molecule has 1 amide bonds. The molecule has 0 radical (unpaired) electrons. The van der Waals surface area contributed by atoms with Gasteiger partial charge in [0.25, 0.3) is 0 Å². The minimum atomic E-state index is -1.11. The first-order chi connectivity index (χ1) is 8.05. The Morgan fingerprint density at radius 2 is 2.06 bits per heavy atom. The fraction of sp³-hybridized carbons (Fsp3) is 0.727. The van der Waals surface area contributed by atoms with Crippen molar-refractivity contribution in [2.45, 2.75) is 19.8 Å². The van der Waals surface area contributed by atoms with Gasteiger partial charge in [-0.15, -0.1) is 0 Å². The van der Waals surface area contributed by atoms with Gasteiger partial charge in [-0.2, -0.15) is 5.26 Å². The number of aliphatic carboxylic acids is 1. The highest BCUT2D eigenvalue weighted by atomic mass is 16.5. The van der Waals surface area contributed by atoms with Crippen molar-refractivity contribution in [2.24, 2.45) is 5.41 Å². The van der Waals surface area contributed by atoms with E-state index < -0.39 is 17.3 Å². The van der Waals surface area contributed by atoms with Crippen molar-refractivity contribution in [1.29, 1.82) is 5.26 Å². The van der Waals surface area contributed by atoms with Crippen LogP contribution in [0.4, 0.5) is 0 Å². The third-order valence-electron chi connectivity index (χ3n) is 2.96. The van der Waals surface area contributed by atoms with Crippen molar-refractivity contribution in [2.75, 3.05) is 26.3 Å². The molecule has 1 N–H and O–H groups in total. The second kappa shape index (κ2) is 5.64. The normalized spacial score (nSPS) is 18.1. The summed E-state index contributed by atoms with van der Waals surface area (Å²) in [6.45, 7) is 2.36. The maximum atomic E-state index is 12.2. The van der Waals surface area contributed by atoms with Crippen LogP contribution in [-0.4, -0.2) is 48.2 Å². The van der Waals surface area contributed by atoms with E-state index in [1.807, 2.05) is 6.07 Å². The number of hydrogen-bond acceptors (Lipinski definition) is 4. The van der Waals surface area contributed by atoms with Crippen molar-refractivity contribution in [3.05, 3.63) is 0 Å². The van der Waals surface area contributed by atoms with Gasteiger partial charge in [-0.3, -0.25) is 9.59 Å². The molecule has 1 rings (SSSR count). The molecule has 17 heavy (non-hydrogen) atoms. The average Bonchev–Trinajstić information content (AvgIpc) is 2.35. The highest BCUT2D eigenvalue weighted by molar-refractivity contribution is 5.88. The number of rotatable bonds is 4. The van der Waals surface area contributed by atoms with Crippen molar-refractivity contribution in [1.82, 2.24) is 4.90 Å². The number of carboxylic acid groups (broad SMARTS) is 1. The van der Waals surface area contributed by atoms with Crippen molar-refractivity contribution in [3.63, 3.8) is 0 Å². The minimum Gasteiger partial charge on any atom is -0.480 e. The molecular formula is C11H16N2O4. The van der Waals surface area contributed by atoms with Gasteiger partial charge in [0.05, 0.1) is 6.07 Å². The molecule has 6 nitrogen and oxygen atoms in total. The molecule has 0 aliphatic carbocycles. The average molecular weight is 240 g/mol. The van der Waals surface area contributed by atoms with Crippen LogP contribution in [0.15, 0.2) is 0 Å². The first-order valence-electron chi connectivity index (χ1n) is 5.56. The van der Waals surface area contributed by atoms with E-state index in [1.54, 1.807) is 6.92 Å². The molecule has 0 saturated carbocycles. The van der Waals surface area contributed by atoms with Gasteiger partial charge in [0.2, 0.25) is 5.91 Å². The SMILES string of the molecule is CCN(CC(=O)O)C(=O)C1(C#N)CCOCC1. The Bertz CT molecular complexity index is 342. The zero-order valence-electron chi connectivity index (χ0n) is 9.81. The zero-order valence-corrected chi connectivity index (χ0v) is 9.81. The number of nitrogens with zero attached hydrogens (tertiary/aromatic N) is 2. The summed E-state index contributed by atoms with van der Waals surface area (Å²) in [6.07, 6.45) is 0.664. The van der Waals surface area contributed by atoms with Crippen LogP contribution in [0.2, 0.25) is 0 Å². The van der Waals surface area contributed by atoms with Crippen LogP contribution in [0.1, 0.15) is 19.8 Å². The van der Waals surface area contributed by atoms with Crippen molar-refractivity contribution < 1.29 is 19.4 Å². The molecule has 94 valence electrons. The van der Waals surface area contributed by atoms with E-state index in [0.29, 0.717) is 26.1 Å². The van der Waals surface area contributed by atoms with E-state index in [4.69, 9.17) is 9.84 Å². The molecule has 1 fully saturated rings. The largest absolute Gasteiger partial charge is 0.480 e. The Morgan fingerprint density at radius 1 is 1.47 bits per heavy atom. The Kier molecular flexibility index (Phi) is 4.46. The number of carboxylic acids is 1. The third kappa shape index (κ3) is 2.94. The third-order valence-corrected chi connectivity index (χ3v) is 2.96. The maximum absolute atomic E-state index is 12.2. The van der Waals surface area contributed by atoms with Gasteiger partial charge in [0.1, 0.15) is 12.0 Å². The topological polar surface area (TPSA) is 90.6 Å². The van der Waals surface area contributed by atoms with Crippen LogP contribution in [0.3, 0.4) is 0 Å².